The third-order valence-corrected chi connectivity index (χ3v) is 6.81. The summed E-state index contributed by atoms with van der Waals surface area (Å²) in [6.45, 7) is 11.1. The number of allylic oxidation sites excluding steroid dienone is 1. The number of aryl methyl sites for hydroxylation is 1. The Morgan fingerprint density at radius 3 is 2.59 bits per heavy atom. The molecule has 0 N–H and O–H groups in total. The van der Waals surface area contributed by atoms with Crippen LogP contribution in [0.25, 0.3) is 0 Å². The lowest BCUT2D eigenvalue weighted by atomic mass is 9.53. The fourth-order valence-electron chi connectivity index (χ4n) is 4.84. The maximum atomic E-state index is 13.3. The lowest BCUT2D eigenvalue weighted by molar-refractivity contribution is -0.169. The molecule has 1 heterocycles. The summed E-state index contributed by atoms with van der Waals surface area (Å²) in [5.74, 6) is -1.08. The summed E-state index contributed by atoms with van der Waals surface area (Å²) in [7, 11) is 0. The van der Waals surface area contributed by atoms with Crippen molar-refractivity contribution >= 4 is 17.7 Å². The number of ether oxygens (including phenoxy) is 2. The third kappa shape index (κ3) is 3.65. The van der Waals surface area contributed by atoms with Gasteiger partial charge < -0.3 is 13.9 Å². The van der Waals surface area contributed by atoms with Crippen molar-refractivity contribution < 1.29 is 28.3 Å². The van der Waals surface area contributed by atoms with Crippen molar-refractivity contribution in [1.29, 1.82) is 0 Å². The minimum atomic E-state index is -0.612. The molecule has 29 heavy (non-hydrogen) atoms. The van der Waals surface area contributed by atoms with Crippen LogP contribution >= 0.6 is 0 Å². The van der Waals surface area contributed by atoms with Crippen LogP contribution in [0.1, 0.15) is 81.7 Å². The number of fused-ring (bicyclic) bond motifs is 2. The first-order valence-corrected chi connectivity index (χ1v) is 10.3. The smallest absolute Gasteiger partial charge is 0.331 e. The summed E-state index contributed by atoms with van der Waals surface area (Å²) >= 11 is 0. The first kappa shape index (κ1) is 21.3. The Bertz CT molecular complexity index is 863. The van der Waals surface area contributed by atoms with Gasteiger partial charge in [-0.2, -0.15) is 0 Å². The van der Waals surface area contributed by atoms with Crippen LogP contribution in [0.5, 0.6) is 0 Å². The SMILES string of the molecule is CC/C(C)=C/C(=O)O[C@@H]1c2c(C)coc2C(=O)[C@@H]2C[C@@H](OC(C)=O)C[C@H](C)[C@@]12C. The standard InChI is InChI=1S/C23H30O6/c1-7-12(2)8-18(25)29-22-19-13(3)11-27-21(19)20(26)17-10-16(28-15(5)24)9-14(4)23(17,22)6/h8,11,14,16-17,22H,7,9-10H2,1-6H3/b12-8+/t14-,16-,17-,22+,23+/m0/s1. The van der Waals surface area contributed by atoms with Gasteiger partial charge in [-0.25, -0.2) is 4.79 Å². The minimum Gasteiger partial charge on any atom is -0.463 e. The molecule has 1 aromatic rings. The monoisotopic (exact) mass is 402 g/mol. The average Bonchev–Trinajstić information content (AvgIpc) is 3.02. The molecule has 0 radical (unpaired) electrons. The topological polar surface area (TPSA) is 82.8 Å². The third-order valence-electron chi connectivity index (χ3n) is 6.81. The summed E-state index contributed by atoms with van der Waals surface area (Å²) < 4.78 is 17.0. The first-order valence-electron chi connectivity index (χ1n) is 10.3. The van der Waals surface area contributed by atoms with Gasteiger partial charge in [0.1, 0.15) is 12.2 Å². The number of hydrogen-bond acceptors (Lipinski definition) is 6. The van der Waals surface area contributed by atoms with Crippen LogP contribution in [0.3, 0.4) is 0 Å². The molecule has 3 rings (SSSR count). The normalized spacial score (nSPS) is 31.7. The number of carbonyl (C=O) groups is 3. The average molecular weight is 402 g/mol. The van der Waals surface area contributed by atoms with E-state index in [1.807, 2.05) is 34.6 Å². The molecule has 1 saturated carbocycles. The molecule has 6 nitrogen and oxygen atoms in total. The Kier molecular flexibility index (Phi) is 5.74. The van der Waals surface area contributed by atoms with Crippen LogP contribution < -0.4 is 0 Å². The molecule has 6 heteroatoms. The van der Waals surface area contributed by atoms with Gasteiger partial charge >= 0.3 is 11.9 Å². The molecule has 1 aromatic heterocycles. The molecule has 0 amide bonds. The molecule has 0 aromatic carbocycles. The van der Waals surface area contributed by atoms with Gasteiger partial charge in [-0.05, 0) is 44.6 Å². The van der Waals surface area contributed by atoms with Crippen LogP contribution in [-0.4, -0.2) is 23.8 Å². The molecule has 158 valence electrons. The van der Waals surface area contributed by atoms with E-state index in [-0.39, 0.29) is 29.5 Å². The Labute approximate surface area is 171 Å². The highest BCUT2D eigenvalue weighted by atomic mass is 16.5. The van der Waals surface area contributed by atoms with Gasteiger partial charge in [-0.15, -0.1) is 0 Å². The maximum Gasteiger partial charge on any atom is 0.331 e. The van der Waals surface area contributed by atoms with Crippen molar-refractivity contribution in [3.8, 4) is 0 Å². The van der Waals surface area contributed by atoms with Gasteiger partial charge in [0.05, 0.1) is 6.26 Å². The number of hydrogen-bond donors (Lipinski definition) is 0. The summed E-state index contributed by atoms with van der Waals surface area (Å²) in [6, 6.07) is 0. The molecule has 5 atom stereocenters. The summed E-state index contributed by atoms with van der Waals surface area (Å²) in [5, 5.41) is 0. The van der Waals surface area contributed by atoms with E-state index in [9.17, 15) is 14.4 Å². The molecule has 0 spiro atoms. The summed E-state index contributed by atoms with van der Waals surface area (Å²) in [4.78, 5) is 37.5. The van der Waals surface area contributed by atoms with Crippen molar-refractivity contribution in [3.05, 3.63) is 34.8 Å². The van der Waals surface area contributed by atoms with Gasteiger partial charge in [0.2, 0.25) is 5.78 Å². The fraction of sp³-hybridized carbons (Fsp3) is 0.609. The van der Waals surface area contributed by atoms with Crippen molar-refractivity contribution in [2.24, 2.45) is 17.3 Å². The number of rotatable bonds is 4. The van der Waals surface area contributed by atoms with Crippen molar-refractivity contribution in [3.63, 3.8) is 0 Å². The summed E-state index contributed by atoms with van der Waals surface area (Å²) in [5.41, 5.74) is 1.79. The summed E-state index contributed by atoms with van der Waals surface area (Å²) in [6.07, 6.45) is 3.90. The van der Waals surface area contributed by atoms with E-state index >= 15 is 0 Å². The van der Waals surface area contributed by atoms with Gasteiger partial charge in [-0.1, -0.05) is 26.3 Å². The van der Waals surface area contributed by atoms with E-state index in [4.69, 9.17) is 13.9 Å². The number of esters is 2. The second-order valence-corrected chi connectivity index (χ2v) is 8.71. The zero-order valence-electron chi connectivity index (χ0n) is 18.0. The molecule has 0 aliphatic heterocycles. The van der Waals surface area contributed by atoms with Crippen LogP contribution in [0.4, 0.5) is 0 Å². The Hall–Kier alpha value is -2.37. The number of Topliss-reactive ketones (excluding diaryl/α,β-unsaturated/α-hetero) is 1. The van der Waals surface area contributed by atoms with Crippen LogP contribution in [0.15, 0.2) is 22.3 Å². The minimum absolute atomic E-state index is 0.00829. The van der Waals surface area contributed by atoms with Crippen molar-refractivity contribution in [1.82, 2.24) is 0 Å². The van der Waals surface area contributed by atoms with E-state index in [0.717, 1.165) is 17.6 Å². The van der Waals surface area contributed by atoms with E-state index < -0.39 is 23.4 Å². The quantitative estimate of drug-likeness (QED) is 0.536. The van der Waals surface area contributed by atoms with E-state index in [1.165, 1.54) is 13.0 Å². The van der Waals surface area contributed by atoms with Crippen molar-refractivity contribution in [2.45, 2.75) is 73.0 Å². The Morgan fingerprint density at radius 1 is 1.28 bits per heavy atom. The van der Waals surface area contributed by atoms with Crippen LogP contribution in [0.2, 0.25) is 0 Å². The molecule has 2 aliphatic rings. The second kappa shape index (κ2) is 7.81. The van der Waals surface area contributed by atoms with Crippen LogP contribution in [-0.2, 0) is 19.1 Å². The zero-order valence-corrected chi connectivity index (χ0v) is 18.0. The highest BCUT2D eigenvalue weighted by Crippen LogP contribution is 2.59. The Balaban J connectivity index is 2.05. The van der Waals surface area contributed by atoms with Gasteiger partial charge in [0.15, 0.2) is 5.76 Å². The number of ketones is 1. The molecule has 1 fully saturated rings. The highest BCUT2D eigenvalue weighted by molar-refractivity contribution is 5.99. The lowest BCUT2D eigenvalue weighted by Gasteiger charge is -2.53. The first-order chi connectivity index (χ1) is 13.6. The predicted octanol–water partition coefficient (Wildman–Crippen LogP) is 4.71. The zero-order chi connectivity index (χ0) is 21.5. The predicted molar refractivity (Wildman–Crippen MR) is 106 cm³/mol. The molecule has 0 unspecified atom stereocenters. The van der Waals surface area contributed by atoms with Gasteiger partial charge in [0.25, 0.3) is 0 Å². The van der Waals surface area contributed by atoms with Crippen LogP contribution in [0, 0.1) is 24.2 Å². The molecule has 0 saturated heterocycles. The molecule has 0 bridgehead atoms. The second-order valence-electron chi connectivity index (χ2n) is 8.71. The Morgan fingerprint density at radius 2 is 1.97 bits per heavy atom. The highest BCUT2D eigenvalue weighted by Gasteiger charge is 2.60. The maximum absolute atomic E-state index is 13.3. The van der Waals surface area contributed by atoms with E-state index in [2.05, 4.69) is 0 Å². The number of carbonyl (C=O) groups excluding carboxylic acids is 3. The largest absolute Gasteiger partial charge is 0.463 e. The fourth-order valence-corrected chi connectivity index (χ4v) is 4.84. The molecule has 2 aliphatic carbocycles. The lowest BCUT2D eigenvalue weighted by Crippen LogP contribution is -2.53. The van der Waals surface area contributed by atoms with Gasteiger partial charge in [-0.3, -0.25) is 9.59 Å². The van der Waals surface area contributed by atoms with E-state index in [0.29, 0.717) is 18.4 Å². The van der Waals surface area contributed by atoms with Crippen molar-refractivity contribution in [2.75, 3.05) is 0 Å². The van der Waals surface area contributed by atoms with Gasteiger partial charge in [0, 0.05) is 29.9 Å². The molecular formula is C23H30O6. The molecular weight excluding hydrogens is 372 g/mol. The van der Waals surface area contributed by atoms with E-state index in [1.54, 1.807) is 6.26 Å². The number of furan rings is 1.